The Labute approximate surface area is 116 Å². The second kappa shape index (κ2) is 6.85. The van der Waals surface area contributed by atoms with Crippen LogP contribution in [0.3, 0.4) is 0 Å². The minimum absolute atomic E-state index is 0.587. The Kier molecular flexibility index (Phi) is 5.75. The molecule has 1 rings (SSSR count). The number of nitriles is 1. The second-order valence-corrected chi connectivity index (χ2v) is 5.89. The van der Waals surface area contributed by atoms with Gasteiger partial charge in [-0.25, -0.2) is 0 Å². The van der Waals surface area contributed by atoms with Gasteiger partial charge in [0.05, 0.1) is 0 Å². The van der Waals surface area contributed by atoms with E-state index in [0.29, 0.717) is 5.92 Å². The van der Waals surface area contributed by atoms with Crippen molar-refractivity contribution in [3.63, 3.8) is 0 Å². The average Bonchev–Trinajstić information content (AvgIpc) is 2.35. The first-order valence-electron chi connectivity index (χ1n) is 6.61. The van der Waals surface area contributed by atoms with Gasteiger partial charge in [0.2, 0.25) is 0 Å². The second-order valence-electron chi connectivity index (χ2n) is 5.01. The Morgan fingerprint density at radius 2 is 1.72 bits per heavy atom. The number of aryl methyl sites for hydroxylation is 2. The molecule has 2 heteroatoms. The van der Waals surface area contributed by atoms with E-state index in [-0.39, 0.29) is 0 Å². The third-order valence-electron chi connectivity index (χ3n) is 3.96. The van der Waals surface area contributed by atoms with E-state index in [1.54, 1.807) is 0 Å². The van der Waals surface area contributed by atoms with Gasteiger partial charge in [-0.2, -0.15) is 5.26 Å². The predicted molar refractivity (Wildman–Crippen MR) is 81.1 cm³/mol. The van der Waals surface area contributed by atoms with Crippen LogP contribution in [0.4, 0.5) is 0 Å². The molecule has 0 amide bonds. The lowest BCUT2D eigenvalue weighted by Gasteiger charge is -2.23. The van der Waals surface area contributed by atoms with Crippen molar-refractivity contribution in [2.24, 2.45) is 0 Å². The molecular weight excluding hydrogens is 238 g/mol. The Bertz CT molecular complexity index is 431. The molecule has 18 heavy (non-hydrogen) atoms. The Morgan fingerprint density at radius 1 is 1.17 bits per heavy atom. The van der Waals surface area contributed by atoms with Crippen molar-refractivity contribution in [3.05, 3.63) is 33.9 Å². The summed E-state index contributed by atoms with van der Waals surface area (Å²) in [5.41, 5.74) is 7.17. The molecule has 1 atom stereocenters. The van der Waals surface area contributed by atoms with Crippen LogP contribution in [0.15, 0.2) is 6.07 Å². The zero-order chi connectivity index (χ0) is 13.7. The molecule has 1 unspecified atom stereocenters. The van der Waals surface area contributed by atoms with Gasteiger partial charge in [-0.1, -0.05) is 13.0 Å². The van der Waals surface area contributed by atoms with Gasteiger partial charge in [0.25, 0.3) is 0 Å². The van der Waals surface area contributed by atoms with Gasteiger partial charge in [0, 0.05) is 5.75 Å². The van der Waals surface area contributed by atoms with Crippen molar-refractivity contribution in [1.29, 1.82) is 5.26 Å². The molecule has 0 aliphatic rings. The molecule has 98 valence electrons. The number of hydrogen-bond acceptors (Lipinski definition) is 2. The molecule has 1 aromatic carbocycles. The van der Waals surface area contributed by atoms with E-state index in [0.717, 1.165) is 18.6 Å². The first kappa shape index (κ1) is 15.1. The van der Waals surface area contributed by atoms with Crippen molar-refractivity contribution in [1.82, 2.24) is 0 Å². The highest BCUT2D eigenvalue weighted by Gasteiger charge is 2.17. The molecule has 0 aliphatic carbocycles. The van der Waals surface area contributed by atoms with Gasteiger partial charge in [-0.3, -0.25) is 0 Å². The number of rotatable bonds is 5. The Morgan fingerprint density at radius 3 is 2.17 bits per heavy atom. The molecule has 0 bridgehead atoms. The van der Waals surface area contributed by atoms with E-state index in [2.05, 4.69) is 46.1 Å². The molecule has 0 spiro atoms. The van der Waals surface area contributed by atoms with Crippen LogP contribution in [0.2, 0.25) is 0 Å². The van der Waals surface area contributed by atoms with E-state index in [4.69, 9.17) is 5.26 Å². The molecule has 0 saturated heterocycles. The van der Waals surface area contributed by atoms with E-state index in [9.17, 15) is 0 Å². The van der Waals surface area contributed by atoms with E-state index in [1.165, 1.54) is 39.6 Å². The lowest BCUT2D eigenvalue weighted by Crippen LogP contribution is -2.07. The minimum atomic E-state index is 0.587. The maximum absolute atomic E-state index is 8.63. The van der Waals surface area contributed by atoms with E-state index < -0.39 is 0 Å². The first-order valence-corrected chi connectivity index (χ1v) is 7.59. The summed E-state index contributed by atoms with van der Waals surface area (Å²) in [5, 5.41) is 10.8. The third kappa shape index (κ3) is 3.29. The van der Waals surface area contributed by atoms with Gasteiger partial charge in [0.1, 0.15) is 5.40 Å². The van der Waals surface area contributed by atoms with Gasteiger partial charge >= 0.3 is 0 Å². The Hall–Kier alpha value is -0.940. The molecule has 1 nitrogen and oxygen atoms in total. The summed E-state index contributed by atoms with van der Waals surface area (Å²) < 4.78 is 0. The topological polar surface area (TPSA) is 23.8 Å². The zero-order valence-electron chi connectivity index (χ0n) is 12.1. The first-order chi connectivity index (χ1) is 8.52. The molecule has 0 saturated carbocycles. The lowest BCUT2D eigenvalue weighted by atomic mass is 9.83. The number of nitrogens with zero attached hydrogens (tertiary/aromatic N) is 1. The minimum Gasteiger partial charge on any atom is -0.185 e. The largest absolute Gasteiger partial charge is 0.185 e. The van der Waals surface area contributed by atoms with Crippen LogP contribution in [0.5, 0.6) is 0 Å². The van der Waals surface area contributed by atoms with E-state index >= 15 is 0 Å². The molecule has 0 N–H and O–H groups in total. The van der Waals surface area contributed by atoms with Crippen LogP contribution in [0.1, 0.15) is 53.5 Å². The summed E-state index contributed by atoms with van der Waals surface area (Å²) in [4.78, 5) is 0. The Balaban J connectivity index is 3.09. The van der Waals surface area contributed by atoms with Crippen molar-refractivity contribution >= 4 is 11.8 Å². The maximum atomic E-state index is 8.63. The van der Waals surface area contributed by atoms with Gasteiger partial charge < -0.3 is 0 Å². The fourth-order valence-corrected chi connectivity index (χ4v) is 3.15. The molecule has 0 aliphatic heterocycles. The van der Waals surface area contributed by atoms with Crippen LogP contribution in [0, 0.1) is 38.4 Å². The number of thioether (sulfide) groups is 1. The van der Waals surface area contributed by atoms with Crippen molar-refractivity contribution in [2.45, 2.75) is 53.4 Å². The maximum Gasteiger partial charge on any atom is 0.133 e. The summed E-state index contributed by atoms with van der Waals surface area (Å²) in [6.07, 6.45) is 2.25. The summed E-state index contributed by atoms with van der Waals surface area (Å²) in [7, 11) is 0. The smallest absolute Gasteiger partial charge is 0.133 e. The number of hydrogen-bond donors (Lipinski definition) is 0. The van der Waals surface area contributed by atoms with Crippen LogP contribution in [-0.4, -0.2) is 5.75 Å². The highest BCUT2D eigenvalue weighted by molar-refractivity contribution is 8.03. The summed E-state index contributed by atoms with van der Waals surface area (Å²) in [6, 6.07) is 2.28. The third-order valence-corrected chi connectivity index (χ3v) is 4.53. The van der Waals surface area contributed by atoms with Crippen molar-refractivity contribution < 1.29 is 0 Å². The molecule has 0 aromatic heterocycles. The number of benzene rings is 1. The molecular formula is C16H23NS. The summed E-state index contributed by atoms with van der Waals surface area (Å²) >= 11 is 1.37. The average molecular weight is 261 g/mol. The normalized spacial score (nSPS) is 12.2. The van der Waals surface area contributed by atoms with Crippen LogP contribution in [0.25, 0.3) is 0 Å². The fourth-order valence-electron chi connectivity index (χ4n) is 2.66. The molecule has 0 heterocycles. The van der Waals surface area contributed by atoms with Gasteiger partial charge in [0.15, 0.2) is 0 Å². The fraction of sp³-hybridized carbons (Fsp3) is 0.562. The standard InChI is InChI=1S/C16H23NS/c1-6-15(7-8-18-10-17)16-13(4)11(2)9-12(3)14(16)5/h9,15H,6-8H2,1-5H3. The monoisotopic (exact) mass is 261 g/mol. The SMILES string of the molecule is CCC(CCSC#N)c1c(C)c(C)cc(C)c1C. The van der Waals surface area contributed by atoms with Crippen molar-refractivity contribution in [3.8, 4) is 5.40 Å². The van der Waals surface area contributed by atoms with E-state index in [1.807, 2.05) is 0 Å². The highest BCUT2D eigenvalue weighted by atomic mass is 32.2. The van der Waals surface area contributed by atoms with Crippen LogP contribution >= 0.6 is 11.8 Å². The summed E-state index contributed by atoms with van der Waals surface area (Å²) in [6.45, 7) is 11.1. The lowest BCUT2D eigenvalue weighted by molar-refractivity contribution is 0.638. The summed E-state index contributed by atoms with van der Waals surface area (Å²) in [5.74, 6) is 1.52. The number of thiocyanates is 1. The molecule has 0 fully saturated rings. The van der Waals surface area contributed by atoms with Gasteiger partial charge in [-0.05, 0) is 86.0 Å². The van der Waals surface area contributed by atoms with Crippen LogP contribution < -0.4 is 0 Å². The highest BCUT2D eigenvalue weighted by Crippen LogP contribution is 2.33. The molecule has 1 aromatic rings. The zero-order valence-corrected chi connectivity index (χ0v) is 12.9. The quantitative estimate of drug-likeness (QED) is 0.549. The molecule has 0 radical (unpaired) electrons. The van der Waals surface area contributed by atoms with Gasteiger partial charge in [-0.15, -0.1) is 0 Å². The predicted octanol–water partition coefficient (Wildman–Crippen LogP) is 5.02. The van der Waals surface area contributed by atoms with Crippen LogP contribution in [-0.2, 0) is 0 Å². The van der Waals surface area contributed by atoms with Crippen molar-refractivity contribution in [2.75, 3.05) is 5.75 Å².